The molecule has 1 fully saturated rings. The van der Waals surface area contributed by atoms with Crippen molar-refractivity contribution in [2.45, 2.75) is 32.4 Å². The first-order valence-corrected chi connectivity index (χ1v) is 6.72. The third-order valence-electron chi connectivity index (χ3n) is 3.28. The molecule has 0 saturated carbocycles. The molecule has 1 unspecified atom stereocenters. The lowest BCUT2D eigenvalue weighted by Gasteiger charge is -2.23. The van der Waals surface area contributed by atoms with Crippen molar-refractivity contribution >= 4 is 0 Å². The lowest BCUT2D eigenvalue weighted by molar-refractivity contribution is 0.252. The van der Waals surface area contributed by atoms with Crippen molar-refractivity contribution in [2.75, 3.05) is 26.2 Å². The Kier molecular flexibility index (Phi) is 4.73. The van der Waals surface area contributed by atoms with E-state index in [4.69, 9.17) is 0 Å². The maximum atomic E-state index is 9.41. The third-order valence-corrected chi connectivity index (χ3v) is 3.28. The van der Waals surface area contributed by atoms with E-state index in [1.807, 2.05) is 17.1 Å². The highest BCUT2D eigenvalue weighted by atomic mass is 15.3. The van der Waals surface area contributed by atoms with Crippen LogP contribution in [0.1, 0.15) is 31.4 Å². The fourth-order valence-electron chi connectivity index (χ4n) is 2.36. The fraction of sp³-hybridized carbons (Fsp3) is 0.692. The number of hydrogen-bond acceptors (Lipinski definition) is 4. The summed E-state index contributed by atoms with van der Waals surface area (Å²) >= 11 is 0. The van der Waals surface area contributed by atoms with Crippen molar-refractivity contribution in [1.82, 2.24) is 20.0 Å². The average molecular weight is 247 g/mol. The first-order valence-electron chi connectivity index (χ1n) is 6.72. The molecule has 2 heterocycles. The molecule has 0 radical (unpaired) electrons. The minimum absolute atomic E-state index is 0.157. The van der Waals surface area contributed by atoms with Crippen LogP contribution in [0.4, 0.5) is 0 Å². The second-order valence-electron chi connectivity index (χ2n) is 4.71. The van der Waals surface area contributed by atoms with Gasteiger partial charge in [0.15, 0.2) is 0 Å². The monoisotopic (exact) mass is 247 g/mol. The molecular weight excluding hydrogens is 226 g/mol. The number of nitriles is 1. The summed E-state index contributed by atoms with van der Waals surface area (Å²) < 4.78 is 1.93. The Labute approximate surface area is 108 Å². The van der Waals surface area contributed by atoms with Crippen LogP contribution < -0.4 is 5.32 Å². The zero-order valence-corrected chi connectivity index (χ0v) is 11.0. The molecule has 1 N–H and O–H groups in total. The standard InChI is InChI=1S/C13H21N5/c1-2-6-18-11-12(10-16-18)13(9-14)17-7-3-4-15-5-8-17/h10-11,13,15H,2-8H2,1H3. The Balaban J connectivity index is 2.08. The van der Waals surface area contributed by atoms with Gasteiger partial charge in [0.05, 0.1) is 12.3 Å². The van der Waals surface area contributed by atoms with Gasteiger partial charge >= 0.3 is 0 Å². The van der Waals surface area contributed by atoms with Gasteiger partial charge in [0.1, 0.15) is 6.04 Å². The first-order chi connectivity index (χ1) is 8.85. The van der Waals surface area contributed by atoms with E-state index in [0.717, 1.165) is 51.1 Å². The molecule has 0 aliphatic carbocycles. The second kappa shape index (κ2) is 6.53. The molecule has 98 valence electrons. The molecule has 0 bridgehead atoms. The molecule has 1 aromatic heterocycles. The predicted octanol–water partition coefficient (Wildman–Crippen LogP) is 1.15. The van der Waals surface area contributed by atoms with E-state index in [-0.39, 0.29) is 6.04 Å². The van der Waals surface area contributed by atoms with E-state index in [1.54, 1.807) is 0 Å². The summed E-state index contributed by atoms with van der Waals surface area (Å²) in [6.45, 7) is 6.95. The highest BCUT2D eigenvalue weighted by Crippen LogP contribution is 2.20. The minimum Gasteiger partial charge on any atom is -0.315 e. The molecule has 1 aliphatic heterocycles. The predicted molar refractivity (Wildman–Crippen MR) is 69.9 cm³/mol. The summed E-state index contributed by atoms with van der Waals surface area (Å²) in [6, 6.07) is 2.26. The summed E-state index contributed by atoms with van der Waals surface area (Å²) in [5, 5.41) is 17.1. The zero-order valence-electron chi connectivity index (χ0n) is 11.0. The lowest BCUT2D eigenvalue weighted by atomic mass is 10.1. The van der Waals surface area contributed by atoms with Crippen LogP contribution in [0.15, 0.2) is 12.4 Å². The number of hydrogen-bond donors (Lipinski definition) is 1. The first kappa shape index (κ1) is 13.1. The van der Waals surface area contributed by atoms with Crippen LogP contribution in [0.25, 0.3) is 0 Å². The topological polar surface area (TPSA) is 56.9 Å². The van der Waals surface area contributed by atoms with Gasteiger partial charge in [0.2, 0.25) is 0 Å². The Morgan fingerprint density at radius 2 is 2.39 bits per heavy atom. The van der Waals surface area contributed by atoms with E-state index >= 15 is 0 Å². The van der Waals surface area contributed by atoms with Crippen LogP contribution in [-0.2, 0) is 6.54 Å². The molecule has 2 rings (SSSR count). The number of aryl methyl sites for hydroxylation is 1. The smallest absolute Gasteiger partial charge is 0.126 e. The van der Waals surface area contributed by atoms with E-state index in [9.17, 15) is 5.26 Å². The molecule has 1 aliphatic rings. The quantitative estimate of drug-likeness (QED) is 0.867. The van der Waals surface area contributed by atoms with Crippen LogP contribution in [0.5, 0.6) is 0 Å². The third kappa shape index (κ3) is 3.09. The van der Waals surface area contributed by atoms with Gasteiger partial charge in [-0.05, 0) is 19.4 Å². The van der Waals surface area contributed by atoms with Gasteiger partial charge < -0.3 is 5.32 Å². The second-order valence-corrected chi connectivity index (χ2v) is 4.71. The van der Waals surface area contributed by atoms with Crippen LogP contribution in [-0.4, -0.2) is 40.9 Å². The number of rotatable bonds is 4. The Morgan fingerprint density at radius 1 is 1.50 bits per heavy atom. The molecule has 0 amide bonds. The number of aromatic nitrogens is 2. The van der Waals surface area contributed by atoms with Gasteiger partial charge in [0, 0.05) is 37.9 Å². The maximum Gasteiger partial charge on any atom is 0.126 e. The Bertz CT molecular complexity index is 398. The summed E-state index contributed by atoms with van der Waals surface area (Å²) in [5.74, 6) is 0. The molecule has 5 nitrogen and oxygen atoms in total. The van der Waals surface area contributed by atoms with E-state index in [1.165, 1.54) is 0 Å². The maximum absolute atomic E-state index is 9.41. The van der Waals surface area contributed by atoms with E-state index < -0.39 is 0 Å². The molecule has 5 heteroatoms. The molecule has 1 saturated heterocycles. The van der Waals surface area contributed by atoms with Gasteiger partial charge in [-0.15, -0.1) is 0 Å². The van der Waals surface area contributed by atoms with Gasteiger partial charge in [-0.3, -0.25) is 9.58 Å². The molecule has 1 atom stereocenters. The van der Waals surface area contributed by atoms with Crippen molar-refractivity contribution in [2.24, 2.45) is 0 Å². The Morgan fingerprint density at radius 3 is 3.17 bits per heavy atom. The van der Waals surface area contributed by atoms with Gasteiger partial charge in [-0.2, -0.15) is 10.4 Å². The van der Waals surface area contributed by atoms with Crippen LogP contribution in [0.2, 0.25) is 0 Å². The normalized spacial score (nSPS) is 19.1. The fourth-order valence-corrected chi connectivity index (χ4v) is 2.36. The lowest BCUT2D eigenvalue weighted by Crippen LogP contribution is -2.31. The molecule has 1 aromatic rings. The zero-order chi connectivity index (χ0) is 12.8. The summed E-state index contributed by atoms with van der Waals surface area (Å²) in [5.41, 5.74) is 1.02. The van der Waals surface area contributed by atoms with E-state index in [2.05, 4.69) is 28.3 Å². The summed E-state index contributed by atoms with van der Waals surface area (Å²) in [7, 11) is 0. The van der Waals surface area contributed by atoms with Crippen LogP contribution >= 0.6 is 0 Å². The van der Waals surface area contributed by atoms with Crippen molar-refractivity contribution in [3.8, 4) is 6.07 Å². The Hall–Kier alpha value is -1.38. The van der Waals surface area contributed by atoms with Crippen LogP contribution in [0.3, 0.4) is 0 Å². The number of nitrogens with one attached hydrogen (secondary N) is 1. The largest absolute Gasteiger partial charge is 0.315 e. The minimum atomic E-state index is -0.157. The van der Waals surface area contributed by atoms with Crippen molar-refractivity contribution < 1.29 is 0 Å². The molecule has 0 spiro atoms. The van der Waals surface area contributed by atoms with Gasteiger partial charge in [0.25, 0.3) is 0 Å². The number of nitrogens with zero attached hydrogens (tertiary/aromatic N) is 4. The summed E-state index contributed by atoms with van der Waals surface area (Å²) in [6.07, 6.45) is 6.00. The molecule has 18 heavy (non-hydrogen) atoms. The average Bonchev–Trinajstić information content (AvgIpc) is 2.66. The van der Waals surface area contributed by atoms with Crippen LogP contribution in [0, 0.1) is 11.3 Å². The van der Waals surface area contributed by atoms with Crippen molar-refractivity contribution in [3.63, 3.8) is 0 Å². The highest BCUT2D eigenvalue weighted by molar-refractivity contribution is 5.18. The van der Waals surface area contributed by atoms with Crippen molar-refractivity contribution in [1.29, 1.82) is 5.26 Å². The van der Waals surface area contributed by atoms with Gasteiger partial charge in [-0.25, -0.2) is 0 Å². The molecule has 0 aromatic carbocycles. The highest BCUT2D eigenvalue weighted by Gasteiger charge is 2.22. The molecular formula is C13H21N5. The van der Waals surface area contributed by atoms with Gasteiger partial charge in [-0.1, -0.05) is 6.92 Å². The van der Waals surface area contributed by atoms with E-state index in [0.29, 0.717) is 0 Å². The summed E-state index contributed by atoms with van der Waals surface area (Å²) in [4.78, 5) is 2.24. The SMILES string of the molecule is CCCn1cc(C(C#N)N2CCCNCC2)cn1. The van der Waals surface area contributed by atoms with Crippen molar-refractivity contribution in [3.05, 3.63) is 18.0 Å².